The Morgan fingerprint density at radius 3 is 2.88 bits per heavy atom. The molecule has 0 bridgehead atoms. The number of alkyl halides is 1. The first-order valence-corrected chi connectivity index (χ1v) is 6.32. The first kappa shape index (κ1) is 12.4. The second-order valence-electron chi connectivity index (χ2n) is 4.14. The van der Waals surface area contributed by atoms with Gasteiger partial charge in [-0.1, -0.05) is 41.4 Å². The number of pyridine rings is 1. The summed E-state index contributed by atoms with van der Waals surface area (Å²) in [5.41, 5.74) is 4.08. The smallest absolute Gasteiger partial charge is 0.137 e. The predicted octanol–water partition coefficient (Wildman–Crippen LogP) is 4.84. The van der Waals surface area contributed by atoms with E-state index < -0.39 is 0 Å². The van der Waals surface area contributed by atoms with E-state index in [2.05, 4.69) is 4.98 Å². The van der Waals surface area contributed by atoms with Crippen LogP contribution < -0.4 is 0 Å². The number of allylic oxidation sites excluding steroid dienone is 1. The molecule has 0 unspecified atom stereocenters. The summed E-state index contributed by atoms with van der Waals surface area (Å²) >= 11 is 11.9. The van der Waals surface area contributed by atoms with Gasteiger partial charge >= 0.3 is 0 Å². The predicted molar refractivity (Wildman–Crippen MR) is 75.9 cm³/mol. The number of para-hydroxylation sites is 1. The second kappa shape index (κ2) is 5.07. The van der Waals surface area contributed by atoms with Crippen molar-refractivity contribution in [3.8, 4) is 0 Å². The minimum atomic E-state index is 0.502. The Balaban J connectivity index is 2.64. The highest BCUT2D eigenvalue weighted by Crippen LogP contribution is 2.24. The Morgan fingerprint density at radius 1 is 1.41 bits per heavy atom. The highest BCUT2D eigenvalue weighted by atomic mass is 35.5. The van der Waals surface area contributed by atoms with Crippen LogP contribution in [0.25, 0.3) is 17.0 Å². The number of aryl methyl sites for hydroxylation is 1. The van der Waals surface area contributed by atoms with Crippen molar-refractivity contribution in [3.05, 3.63) is 46.1 Å². The quantitative estimate of drug-likeness (QED) is 0.560. The minimum absolute atomic E-state index is 0.502. The van der Waals surface area contributed by atoms with Crippen molar-refractivity contribution in [2.75, 3.05) is 5.88 Å². The third-order valence-corrected chi connectivity index (χ3v) is 3.37. The number of benzene rings is 1. The highest BCUT2D eigenvalue weighted by molar-refractivity contribution is 6.31. The molecule has 88 valence electrons. The van der Waals surface area contributed by atoms with E-state index in [1.54, 1.807) is 0 Å². The fourth-order valence-electron chi connectivity index (χ4n) is 1.75. The number of hydrogen-bond donors (Lipinski definition) is 0. The molecule has 0 radical (unpaired) electrons. The maximum atomic E-state index is 6.18. The van der Waals surface area contributed by atoms with E-state index in [0.717, 1.165) is 27.6 Å². The first-order chi connectivity index (χ1) is 8.11. The molecule has 17 heavy (non-hydrogen) atoms. The molecule has 0 fully saturated rings. The summed E-state index contributed by atoms with van der Waals surface area (Å²) in [4.78, 5) is 4.44. The van der Waals surface area contributed by atoms with Gasteiger partial charge < -0.3 is 0 Å². The van der Waals surface area contributed by atoms with Gasteiger partial charge in [0.05, 0.1) is 5.52 Å². The van der Waals surface area contributed by atoms with Crippen LogP contribution in [0.5, 0.6) is 0 Å². The van der Waals surface area contributed by atoms with Crippen LogP contribution in [0.3, 0.4) is 0 Å². The normalized spacial score (nSPS) is 12.1. The molecule has 2 rings (SSSR count). The lowest BCUT2D eigenvalue weighted by Gasteiger charge is -2.05. The maximum Gasteiger partial charge on any atom is 0.137 e. The van der Waals surface area contributed by atoms with Crippen LogP contribution in [-0.2, 0) is 0 Å². The van der Waals surface area contributed by atoms with Crippen molar-refractivity contribution in [1.29, 1.82) is 0 Å². The third kappa shape index (κ3) is 2.62. The van der Waals surface area contributed by atoms with E-state index >= 15 is 0 Å². The SMILES string of the molecule is CC(=Cc1cc2cccc(C)c2nc1Cl)CCl. The lowest BCUT2D eigenvalue weighted by atomic mass is 10.1. The van der Waals surface area contributed by atoms with Crippen LogP contribution in [0.1, 0.15) is 18.1 Å². The van der Waals surface area contributed by atoms with Gasteiger partial charge in [0.15, 0.2) is 0 Å². The molecule has 1 nitrogen and oxygen atoms in total. The largest absolute Gasteiger partial charge is 0.235 e. The van der Waals surface area contributed by atoms with Gasteiger partial charge in [-0.05, 0) is 25.5 Å². The lowest BCUT2D eigenvalue weighted by molar-refractivity contribution is 1.34. The zero-order chi connectivity index (χ0) is 12.4. The summed E-state index contributed by atoms with van der Waals surface area (Å²) in [5.74, 6) is 0.502. The summed E-state index contributed by atoms with van der Waals surface area (Å²) in [5, 5.41) is 1.62. The summed E-state index contributed by atoms with van der Waals surface area (Å²) in [7, 11) is 0. The third-order valence-electron chi connectivity index (χ3n) is 2.64. The van der Waals surface area contributed by atoms with E-state index in [9.17, 15) is 0 Å². The number of halogens is 2. The molecule has 0 saturated carbocycles. The van der Waals surface area contributed by atoms with Gasteiger partial charge in [0.2, 0.25) is 0 Å². The van der Waals surface area contributed by atoms with Gasteiger partial charge in [-0.3, -0.25) is 0 Å². The number of fused-ring (bicyclic) bond motifs is 1. The maximum absolute atomic E-state index is 6.18. The van der Waals surface area contributed by atoms with Gasteiger partial charge in [-0.2, -0.15) is 0 Å². The van der Waals surface area contributed by atoms with Crippen LogP contribution >= 0.6 is 23.2 Å². The fourth-order valence-corrected chi connectivity index (χ4v) is 2.02. The molecular formula is C14H13Cl2N. The summed E-state index contributed by atoms with van der Waals surface area (Å²) < 4.78 is 0. The molecule has 2 aromatic rings. The molecule has 0 N–H and O–H groups in total. The first-order valence-electron chi connectivity index (χ1n) is 5.41. The van der Waals surface area contributed by atoms with Crippen molar-refractivity contribution in [2.45, 2.75) is 13.8 Å². The summed E-state index contributed by atoms with van der Waals surface area (Å²) in [6.07, 6.45) is 1.98. The van der Waals surface area contributed by atoms with E-state index in [-0.39, 0.29) is 0 Å². The number of nitrogens with zero attached hydrogens (tertiary/aromatic N) is 1. The molecule has 1 aromatic carbocycles. The molecule has 3 heteroatoms. The summed E-state index contributed by atoms with van der Waals surface area (Å²) in [6, 6.07) is 8.15. The van der Waals surface area contributed by atoms with E-state index in [0.29, 0.717) is 11.0 Å². The van der Waals surface area contributed by atoms with Crippen molar-refractivity contribution < 1.29 is 0 Å². The van der Waals surface area contributed by atoms with E-state index in [1.807, 2.05) is 44.2 Å². The molecule has 0 aliphatic carbocycles. The van der Waals surface area contributed by atoms with Crippen LogP contribution in [0.4, 0.5) is 0 Å². The van der Waals surface area contributed by atoms with Gasteiger partial charge in [0, 0.05) is 16.8 Å². The Kier molecular flexibility index (Phi) is 3.70. The molecule has 0 aliphatic rings. The molecule has 0 aliphatic heterocycles. The Labute approximate surface area is 111 Å². The van der Waals surface area contributed by atoms with Gasteiger partial charge in [-0.25, -0.2) is 4.98 Å². The molecular weight excluding hydrogens is 253 g/mol. The molecule has 1 heterocycles. The molecule has 0 saturated heterocycles. The zero-order valence-electron chi connectivity index (χ0n) is 9.80. The standard InChI is InChI=1S/C14H13Cl2N/c1-9(8-15)6-12-7-11-5-3-4-10(2)13(11)17-14(12)16/h3-7H,8H2,1-2H3. The molecule has 0 amide bonds. The van der Waals surface area contributed by atoms with Crippen molar-refractivity contribution >= 4 is 40.2 Å². The Hall–Kier alpha value is -1.05. The summed E-state index contributed by atoms with van der Waals surface area (Å²) in [6.45, 7) is 4.01. The van der Waals surface area contributed by atoms with E-state index in [4.69, 9.17) is 23.2 Å². The Morgan fingerprint density at radius 2 is 2.18 bits per heavy atom. The number of rotatable bonds is 2. The lowest BCUT2D eigenvalue weighted by Crippen LogP contribution is -1.88. The zero-order valence-corrected chi connectivity index (χ0v) is 11.3. The van der Waals surface area contributed by atoms with Crippen LogP contribution in [0, 0.1) is 6.92 Å². The van der Waals surface area contributed by atoms with Crippen LogP contribution in [-0.4, -0.2) is 10.9 Å². The molecule has 1 aromatic heterocycles. The van der Waals surface area contributed by atoms with Gasteiger partial charge in [0.1, 0.15) is 5.15 Å². The Bertz CT molecular complexity index is 588. The van der Waals surface area contributed by atoms with E-state index in [1.165, 1.54) is 0 Å². The average molecular weight is 266 g/mol. The van der Waals surface area contributed by atoms with Gasteiger partial charge in [0.25, 0.3) is 0 Å². The highest BCUT2D eigenvalue weighted by Gasteiger charge is 2.04. The average Bonchev–Trinajstić information content (AvgIpc) is 2.31. The van der Waals surface area contributed by atoms with Crippen LogP contribution in [0.2, 0.25) is 5.15 Å². The fraction of sp³-hybridized carbons (Fsp3) is 0.214. The molecule has 0 atom stereocenters. The van der Waals surface area contributed by atoms with Crippen molar-refractivity contribution in [1.82, 2.24) is 4.98 Å². The van der Waals surface area contributed by atoms with Crippen molar-refractivity contribution in [2.24, 2.45) is 0 Å². The second-order valence-corrected chi connectivity index (χ2v) is 4.76. The minimum Gasteiger partial charge on any atom is -0.235 e. The molecule has 0 spiro atoms. The monoisotopic (exact) mass is 265 g/mol. The number of hydrogen-bond acceptors (Lipinski definition) is 1. The number of aromatic nitrogens is 1. The van der Waals surface area contributed by atoms with Crippen LogP contribution in [0.15, 0.2) is 29.8 Å². The van der Waals surface area contributed by atoms with Crippen molar-refractivity contribution in [3.63, 3.8) is 0 Å². The topological polar surface area (TPSA) is 12.9 Å². The van der Waals surface area contributed by atoms with Gasteiger partial charge in [-0.15, -0.1) is 11.6 Å².